The van der Waals surface area contributed by atoms with Gasteiger partial charge in [0.05, 0.1) is 30.9 Å². The van der Waals surface area contributed by atoms with Crippen molar-refractivity contribution in [3.05, 3.63) is 123 Å². The number of aliphatic hydroxyl groups excluding tert-OH is 1. The Balaban J connectivity index is 1.14. The average molecular weight is 625 g/mol. The highest BCUT2D eigenvalue weighted by molar-refractivity contribution is 7.09. The van der Waals surface area contributed by atoms with Crippen molar-refractivity contribution in [3.63, 3.8) is 0 Å². The van der Waals surface area contributed by atoms with E-state index in [1.54, 1.807) is 35.6 Å². The van der Waals surface area contributed by atoms with Crippen molar-refractivity contribution in [1.29, 1.82) is 0 Å². The zero-order valence-corrected chi connectivity index (χ0v) is 26.3. The number of ether oxygens (including phenoxy) is 1. The molecule has 2 aliphatic rings. The third kappa shape index (κ3) is 7.68. The number of carbonyl (C=O) groups is 2. The minimum atomic E-state index is -0.851. The first-order chi connectivity index (χ1) is 21.9. The molecule has 3 heterocycles. The van der Waals surface area contributed by atoms with Gasteiger partial charge in [-0.05, 0) is 61.9 Å². The summed E-state index contributed by atoms with van der Waals surface area (Å²) in [5.74, 6) is -0.425. The standard InChI is InChI=1S/C36H40N4O4S/c1-24-23-45-35(38-24)32-16-9-17-40(32)36(43)28-15-8-14-27(19-28)34(42)39-31(18-25-10-4-2-5-11-25)33(41)30-20-29(21-37-30)44-22-26-12-6-3-7-13-26/h2-8,10-15,19,23,29-33,37,41H,9,16-18,20-22H2,1H3,(H,39,42)/t29-,30-,31+,32-,33+/m1/s1. The van der Waals surface area contributed by atoms with E-state index in [4.69, 9.17) is 4.74 Å². The quantitative estimate of drug-likeness (QED) is 0.215. The largest absolute Gasteiger partial charge is 0.389 e. The van der Waals surface area contributed by atoms with Crippen molar-refractivity contribution in [3.8, 4) is 0 Å². The molecule has 234 valence electrons. The molecule has 2 amide bonds. The summed E-state index contributed by atoms with van der Waals surface area (Å²) in [7, 11) is 0. The number of carbonyl (C=O) groups excluding carboxylic acids is 2. The highest BCUT2D eigenvalue weighted by Crippen LogP contribution is 2.35. The van der Waals surface area contributed by atoms with Crippen molar-refractivity contribution >= 4 is 23.2 Å². The molecule has 0 aliphatic carbocycles. The van der Waals surface area contributed by atoms with Crippen molar-refractivity contribution in [1.82, 2.24) is 20.5 Å². The van der Waals surface area contributed by atoms with Crippen molar-refractivity contribution in [2.75, 3.05) is 13.1 Å². The van der Waals surface area contributed by atoms with E-state index < -0.39 is 12.1 Å². The molecule has 0 spiro atoms. The number of nitrogens with one attached hydrogen (secondary N) is 2. The van der Waals surface area contributed by atoms with Gasteiger partial charge in [0.1, 0.15) is 5.01 Å². The summed E-state index contributed by atoms with van der Waals surface area (Å²) in [5, 5.41) is 21.1. The summed E-state index contributed by atoms with van der Waals surface area (Å²) in [6, 6.07) is 25.9. The van der Waals surface area contributed by atoms with Crippen LogP contribution in [0, 0.1) is 6.92 Å². The number of benzene rings is 3. The van der Waals surface area contributed by atoms with Crippen LogP contribution in [-0.2, 0) is 17.8 Å². The Bertz CT molecular complexity index is 1580. The predicted octanol–water partition coefficient (Wildman–Crippen LogP) is 5.08. The Morgan fingerprint density at radius 1 is 1.04 bits per heavy atom. The zero-order valence-electron chi connectivity index (χ0n) is 25.5. The van der Waals surface area contributed by atoms with E-state index >= 15 is 0 Å². The number of nitrogens with zero attached hydrogens (tertiary/aromatic N) is 2. The smallest absolute Gasteiger partial charge is 0.254 e. The maximum atomic E-state index is 13.7. The van der Waals surface area contributed by atoms with E-state index in [-0.39, 0.29) is 30.0 Å². The van der Waals surface area contributed by atoms with E-state index in [9.17, 15) is 14.7 Å². The van der Waals surface area contributed by atoms with Gasteiger partial charge in [-0.15, -0.1) is 11.3 Å². The summed E-state index contributed by atoms with van der Waals surface area (Å²) in [5.41, 5.74) is 3.94. The average Bonchev–Trinajstić information content (AvgIpc) is 3.85. The lowest BCUT2D eigenvalue weighted by Gasteiger charge is -2.29. The van der Waals surface area contributed by atoms with Crippen LogP contribution in [0.5, 0.6) is 0 Å². The maximum absolute atomic E-state index is 13.7. The maximum Gasteiger partial charge on any atom is 0.254 e. The van der Waals surface area contributed by atoms with Crippen LogP contribution in [-0.4, -0.2) is 64.2 Å². The first kappa shape index (κ1) is 31.1. The van der Waals surface area contributed by atoms with Crippen LogP contribution in [0.15, 0.2) is 90.3 Å². The number of hydrogen-bond acceptors (Lipinski definition) is 7. The normalized spacial score (nSPS) is 21.0. The molecule has 1 aromatic heterocycles. The molecule has 8 nitrogen and oxygen atoms in total. The van der Waals surface area contributed by atoms with Crippen molar-refractivity contribution in [2.24, 2.45) is 0 Å². The summed E-state index contributed by atoms with van der Waals surface area (Å²) in [6.07, 6.45) is 2.00. The molecule has 0 radical (unpaired) electrons. The fourth-order valence-electron chi connectivity index (χ4n) is 6.32. The second-order valence-corrected chi connectivity index (χ2v) is 12.9. The number of amides is 2. The number of aryl methyl sites for hydroxylation is 1. The molecule has 45 heavy (non-hydrogen) atoms. The molecular formula is C36H40N4O4S. The van der Waals surface area contributed by atoms with Crippen molar-refractivity contribution in [2.45, 2.75) is 69.5 Å². The van der Waals surface area contributed by atoms with Crippen LogP contribution < -0.4 is 10.6 Å². The predicted molar refractivity (Wildman–Crippen MR) is 175 cm³/mol. The fourth-order valence-corrected chi connectivity index (χ4v) is 7.26. The third-order valence-electron chi connectivity index (χ3n) is 8.70. The lowest BCUT2D eigenvalue weighted by molar-refractivity contribution is 0.0419. The zero-order chi connectivity index (χ0) is 31.2. The van der Waals surface area contributed by atoms with Gasteiger partial charge in [0.2, 0.25) is 0 Å². The summed E-state index contributed by atoms with van der Waals surface area (Å²) in [6.45, 7) is 3.76. The van der Waals surface area contributed by atoms with Gasteiger partial charge >= 0.3 is 0 Å². The highest BCUT2D eigenvalue weighted by atomic mass is 32.1. The molecular weight excluding hydrogens is 584 g/mol. The molecule has 3 N–H and O–H groups in total. The monoisotopic (exact) mass is 624 g/mol. The second-order valence-electron chi connectivity index (χ2n) is 12.0. The number of aromatic nitrogens is 1. The van der Waals surface area contributed by atoms with Crippen LogP contribution in [0.4, 0.5) is 0 Å². The molecule has 2 saturated heterocycles. The topological polar surface area (TPSA) is 104 Å². The molecule has 2 fully saturated rings. The molecule has 9 heteroatoms. The molecule has 4 aromatic rings. The van der Waals surface area contributed by atoms with Gasteiger partial charge < -0.3 is 25.4 Å². The minimum Gasteiger partial charge on any atom is -0.389 e. The Morgan fingerprint density at radius 2 is 1.78 bits per heavy atom. The third-order valence-corrected chi connectivity index (χ3v) is 9.76. The van der Waals surface area contributed by atoms with E-state index in [0.29, 0.717) is 43.7 Å². The van der Waals surface area contributed by atoms with E-state index in [2.05, 4.69) is 15.6 Å². The number of hydrogen-bond donors (Lipinski definition) is 3. The summed E-state index contributed by atoms with van der Waals surface area (Å²) >= 11 is 1.59. The molecule has 6 rings (SSSR count). The number of likely N-dealkylation sites (tertiary alicyclic amines) is 1. The molecule has 0 saturated carbocycles. The Labute approximate surface area is 268 Å². The van der Waals surface area contributed by atoms with Crippen LogP contribution in [0.1, 0.15) is 67.8 Å². The first-order valence-corrected chi connectivity index (χ1v) is 16.6. The first-order valence-electron chi connectivity index (χ1n) is 15.7. The van der Waals surface area contributed by atoms with Crippen LogP contribution in [0.3, 0.4) is 0 Å². The lowest BCUT2D eigenvalue weighted by atomic mass is 9.94. The molecule has 2 aliphatic heterocycles. The molecule has 0 unspecified atom stereocenters. The fraction of sp³-hybridized carbons (Fsp3) is 0.361. The second kappa shape index (κ2) is 14.5. The van der Waals surface area contributed by atoms with Crippen LogP contribution in [0.25, 0.3) is 0 Å². The van der Waals surface area contributed by atoms with E-state index in [1.807, 2.05) is 77.9 Å². The summed E-state index contributed by atoms with van der Waals surface area (Å²) < 4.78 is 6.13. The van der Waals surface area contributed by atoms with Gasteiger partial charge in [-0.2, -0.15) is 0 Å². The van der Waals surface area contributed by atoms with Gasteiger partial charge in [0.15, 0.2) is 0 Å². The number of aliphatic hydroxyl groups is 1. The van der Waals surface area contributed by atoms with E-state index in [0.717, 1.165) is 34.7 Å². The lowest BCUT2D eigenvalue weighted by Crippen LogP contribution is -2.52. The highest BCUT2D eigenvalue weighted by Gasteiger charge is 2.36. The number of thiazole rings is 1. The SMILES string of the molecule is Cc1csc([C@H]2CCCN2C(=O)c2cccc(C(=O)N[C@@H](Cc3ccccc3)[C@@H](O)[C@H]3C[C@@H](OCc4ccccc4)CN3)c2)n1. The van der Waals surface area contributed by atoms with Gasteiger partial charge in [-0.1, -0.05) is 66.7 Å². The molecule has 0 bridgehead atoms. The van der Waals surface area contributed by atoms with E-state index in [1.165, 1.54) is 0 Å². The minimum absolute atomic E-state index is 0.0386. The van der Waals surface area contributed by atoms with Gasteiger partial charge in [-0.25, -0.2) is 4.98 Å². The molecule has 5 atom stereocenters. The Hall–Kier alpha value is -3.89. The van der Waals surface area contributed by atoms with Crippen molar-refractivity contribution < 1.29 is 19.4 Å². The summed E-state index contributed by atoms with van der Waals surface area (Å²) in [4.78, 5) is 33.8. The molecule has 3 aromatic carbocycles. The van der Waals surface area contributed by atoms with Crippen LogP contribution >= 0.6 is 11.3 Å². The Morgan fingerprint density at radius 3 is 2.51 bits per heavy atom. The van der Waals surface area contributed by atoms with Gasteiger partial charge in [-0.3, -0.25) is 9.59 Å². The van der Waals surface area contributed by atoms with Gasteiger partial charge in [0.25, 0.3) is 11.8 Å². The number of rotatable bonds is 11. The Kier molecular flexibility index (Phi) is 10.0. The van der Waals surface area contributed by atoms with Crippen LogP contribution in [0.2, 0.25) is 0 Å². The van der Waals surface area contributed by atoms with Gasteiger partial charge in [0, 0.05) is 41.3 Å².